The topological polar surface area (TPSA) is 43.8 Å². The molecule has 0 aliphatic carbocycles. The zero-order valence-electron chi connectivity index (χ0n) is 8.12. The number of halogens is 3. The lowest BCUT2D eigenvalue weighted by Gasteiger charge is -2.04. The Bertz CT molecular complexity index is 503. The quantitative estimate of drug-likeness (QED) is 0.912. The van der Waals surface area contributed by atoms with Crippen molar-refractivity contribution >= 4 is 40.6 Å². The summed E-state index contributed by atoms with van der Waals surface area (Å²) in [6.07, 6.45) is 1.65. The van der Waals surface area contributed by atoms with Crippen LogP contribution in [0.25, 0.3) is 0 Å². The summed E-state index contributed by atoms with van der Waals surface area (Å²) < 4.78 is 1.63. The molecule has 0 amide bonds. The van der Waals surface area contributed by atoms with E-state index in [0.717, 1.165) is 5.56 Å². The van der Waals surface area contributed by atoms with Crippen molar-refractivity contribution in [1.29, 1.82) is 0 Å². The van der Waals surface area contributed by atoms with Crippen LogP contribution < -0.4 is 5.73 Å². The summed E-state index contributed by atoms with van der Waals surface area (Å²) in [6, 6.07) is 5.31. The number of nitrogens with two attached hydrogens (primary N) is 1. The minimum absolute atomic E-state index is 0.312. The Morgan fingerprint density at radius 3 is 2.50 bits per heavy atom. The molecule has 0 aliphatic heterocycles. The molecule has 1 heterocycles. The van der Waals surface area contributed by atoms with Crippen molar-refractivity contribution in [2.75, 3.05) is 5.73 Å². The molecule has 0 spiro atoms. The number of hydrogen-bond acceptors (Lipinski definition) is 2. The first-order valence-corrected chi connectivity index (χ1v) is 5.62. The Hall–Kier alpha value is -0.900. The molecule has 2 rings (SSSR count). The van der Waals surface area contributed by atoms with Gasteiger partial charge < -0.3 is 5.73 Å². The molecule has 0 radical (unpaired) electrons. The van der Waals surface area contributed by atoms with Gasteiger partial charge in [-0.1, -0.05) is 40.9 Å². The summed E-state index contributed by atoms with van der Waals surface area (Å²) in [5.74, 6) is 0.312. The van der Waals surface area contributed by atoms with Crippen LogP contribution in [0.5, 0.6) is 0 Å². The highest BCUT2D eigenvalue weighted by Gasteiger charge is 2.06. The largest absolute Gasteiger partial charge is 0.381 e. The Morgan fingerprint density at radius 1 is 1.19 bits per heavy atom. The van der Waals surface area contributed by atoms with Crippen LogP contribution in [0.1, 0.15) is 5.56 Å². The molecule has 0 aliphatic rings. The monoisotopic (exact) mass is 275 g/mol. The molecular formula is C10H8Cl3N3. The van der Waals surface area contributed by atoms with Crippen molar-refractivity contribution in [2.45, 2.75) is 6.54 Å². The van der Waals surface area contributed by atoms with Crippen LogP contribution in [0.4, 0.5) is 5.82 Å². The molecule has 6 heteroatoms. The van der Waals surface area contributed by atoms with E-state index in [1.54, 1.807) is 23.0 Å². The highest BCUT2D eigenvalue weighted by molar-refractivity contribution is 6.35. The molecule has 3 nitrogen and oxygen atoms in total. The average molecular weight is 277 g/mol. The average Bonchev–Trinajstić information content (AvgIpc) is 2.51. The van der Waals surface area contributed by atoms with Gasteiger partial charge in [0, 0.05) is 16.2 Å². The van der Waals surface area contributed by atoms with Crippen molar-refractivity contribution in [3.63, 3.8) is 0 Å². The van der Waals surface area contributed by atoms with Gasteiger partial charge in [-0.25, -0.2) is 0 Å². The van der Waals surface area contributed by atoms with E-state index in [2.05, 4.69) is 5.10 Å². The van der Waals surface area contributed by atoms with E-state index in [9.17, 15) is 0 Å². The van der Waals surface area contributed by atoms with Gasteiger partial charge in [0.15, 0.2) is 5.82 Å². The van der Waals surface area contributed by atoms with E-state index in [0.29, 0.717) is 27.4 Å². The summed E-state index contributed by atoms with van der Waals surface area (Å²) in [5.41, 5.74) is 6.45. The summed E-state index contributed by atoms with van der Waals surface area (Å²) in [5, 5.41) is 5.67. The predicted octanol–water partition coefficient (Wildman–Crippen LogP) is 3.47. The maximum Gasteiger partial charge on any atom is 0.164 e. The molecule has 1 aromatic heterocycles. The summed E-state index contributed by atoms with van der Waals surface area (Å²) in [6.45, 7) is 0.507. The van der Waals surface area contributed by atoms with Crippen LogP contribution in [-0.4, -0.2) is 9.78 Å². The fourth-order valence-electron chi connectivity index (χ4n) is 1.32. The van der Waals surface area contributed by atoms with Crippen LogP contribution in [0, 0.1) is 0 Å². The third kappa shape index (κ3) is 2.43. The second kappa shape index (κ2) is 4.53. The third-order valence-corrected chi connectivity index (χ3v) is 2.97. The van der Waals surface area contributed by atoms with E-state index in [1.807, 2.05) is 6.07 Å². The van der Waals surface area contributed by atoms with Gasteiger partial charge in [0.2, 0.25) is 0 Å². The highest BCUT2D eigenvalue weighted by Crippen LogP contribution is 2.23. The predicted molar refractivity (Wildman–Crippen MR) is 67.2 cm³/mol. The van der Waals surface area contributed by atoms with Gasteiger partial charge in [0.1, 0.15) is 5.02 Å². The van der Waals surface area contributed by atoms with Crippen molar-refractivity contribution in [2.24, 2.45) is 0 Å². The van der Waals surface area contributed by atoms with Gasteiger partial charge in [0.05, 0.1) is 6.54 Å². The van der Waals surface area contributed by atoms with Gasteiger partial charge in [0.25, 0.3) is 0 Å². The Kier molecular flexibility index (Phi) is 3.28. The lowest BCUT2D eigenvalue weighted by molar-refractivity contribution is 0.690. The molecule has 0 unspecified atom stereocenters. The van der Waals surface area contributed by atoms with Crippen molar-refractivity contribution < 1.29 is 0 Å². The Balaban J connectivity index is 2.27. The molecule has 84 valence electrons. The number of rotatable bonds is 2. The van der Waals surface area contributed by atoms with Gasteiger partial charge in [-0.15, -0.1) is 0 Å². The van der Waals surface area contributed by atoms with Crippen LogP contribution in [0.15, 0.2) is 24.4 Å². The van der Waals surface area contributed by atoms with Crippen LogP contribution >= 0.6 is 34.8 Å². The Morgan fingerprint density at radius 2 is 1.94 bits per heavy atom. The number of nitrogen functional groups attached to an aromatic ring is 1. The SMILES string of the molecule is Nc1nn(Cc2ccc(Cl)cc2Cl)cc1Cl. The molecule has 1 aromatic carbocycles. The number of aromatic nitrogens is 2. The summed E-state index contributed by atoms with van der Waals surface area (Å²) >= 11 is 17.6. The molecule has 0 saturated carbocycles. The minimum atomic E-state index is 0.312. The first kappa shape index (κ1) is 11.6. The molecule has 2 aromatic rings. The van der Waals surface area contributed by atoms with E-state index in [-0.39, 0.29) is 0 Å². The van der Waals surface area contributed by atoms with E-state index >= 15 is 0 Å². The van der Waals surface area contributed by atoms with Crippen molar-refractivity contribution in [3.05, 3.63) is 45.0 Å². The molecule has 0 bridgehead atoms. The van der Waals surface area contributed by atoms with Crippen LogP contribution in [-0.2, 0) is 6.54 Å². The lowest BCUT2D eigenvalue weighted by atomic mass is 10.2. The number of benzene rings is 1. The second-order valence-corrected chi connectivity index (χ2v) is 4.55. The Labute approximate surface area is 108 Å². The van der Waals surface area contributed by atoms with Gasteiger partial charge in [-0.05, 0) is 17.7 Å². The van der Waals surface area contributed by atoms with Crippen molar-refractivity contribution in [3.8, 4) is 0 Å². The molecule has 0 fully saturated rings. The summed E-state index contributed by atoms with van der Waals surface area (Å²) in [4.78, 5) is 0. The number of nitrogens with zero attached hydrogens (tertiary/aromatic N) is 2. The minimum Gasteiger partial charge on any atom is -0.381 e. The molecule has 2 N–H and O–H groups in total. The lowest BCUT2D eigenvalue weighted by Crippen LogP contribution is -2.01. The first-order valence-electron chi connectivity index (χ1n) is 4.48. The van der Waals surface area contributed by atoms with Crippen LogP contribution in [0.2, 0.25) is 15.1 Å². The first-order chi connectivity index (χ1) is 7.56. The smallest absolute Gasteiger partial charge is 0.164 e. The molecule has 16 heavy (non-hydrogen) atoms. The van der Waals surface area contributed by atoms with Gasteiger partial charge >= 0.3 is 0 Å². The number of hydrogen-bond donors (Lipinski definition) is 1. The van der Waals surface area contributed by atoms with E-state index in [4.69, 9.17) is 40.5 Å². The van der Waals surface area contributed by atoms with Gasteiger partial charge in [-0.2, -0.15) is 5.10 Å². The highest BCUT2D eigenvalue weighted by atomic mass is 35.5. The fraction of sp³-hybridized carbons (Fsp3) is 0.100. The number of anilines is 1. The zero-order chi connectivity index (χ0) is 11.7. The fourth-order valence-corrected chi connectivity index (χ4v) is 1.94. The second-order valence-electron chi connectivity index (χ2n) is 3.30. The van der Waals surface area contributed by atoms with Crippen LogP contribution in [0.3, 0.4) is 0 Å². The third-order valence-electron chi connectivity index (χ3n) is 2.09. The maximum atomic E-state index is 6.04. The van der Waals surface area contributed by atoms with Crippen molar-refractivity contribution in [1.82, 2.24) is 9.78 Å². The normalized spacial score (nSPS) is 10.7. The molecule has 0 atom stereocenters. The van der Waals surface area contributed by atoms with E-state index < -0.39 is 0 Å². The molecule has 0 saturated heterocycles. The molecular weight excluding hydrogens is 268 g/mol. The van der Waals surface area contributed by atoms with E-state index in [1.165, 1.54) is 0 Å². The zero-order valence-corrected chi connectivity index (χ0v) is 10.4. The standard InChI is InChI=1S/C10H8Cl3N3/c11-7-2-1-6(8(12)3-7)4-16-5-9(13)10(14)15-16/h1-3,5H,4H2,(H2,14,15). The maximum absolute atomic E-state index is 6.04. The van der Waals surface area contributed by atoms with Gasteiger partial charge in [-0.3, -0.25) is 4.68 Å². The summed E-state index contributed by atoms with van der Waals surface area (Å²) in [7, 11) is 0.